The van der Waals surface area contributed by atoms with Crippen molar-refractivity contribution in [2.45, 2.75) is 0 Å². The molecule has 1 heterocycles. The van der Waals surface area contributed by atoms with Crippen molar-refractivity contribution in [1.29, 1.82) is 0 Å². The molecule has 0 spiro atoms. The Hall–Kier alpha value is -1.59. The van der Waals surface area contributed by atoms with Gasteiger partial charge in [0, 0.05) is 7.11 Å². The number of hydrogen-bond acceptors (Lipinski definition) is 4. The number of carbonyl (C=O) groups is 2. The van der Waals surface area contributed by atoms with Gasteiger partial charge in [-0.3, -0.25) is 14.5 Å². The Bertz CT molecular complexity index is 484. The number of carbonyl (C=O) groups excluding carboxylic acids is 2. The highest BCUT2D eigenvalue weighted by atomic mass is 32.2. The predicted molar refractivity (Wildman–Crippen MR) is 71.0 cm³/mol. The van der Waals surface area contributed by atoms with Gasteiger partial charge in [-0.1, -0.05) is 30.3 Å². The Morgan fingerprint density at radius 1 is 1.28 bits per heavy atom. The van der Waals surface area contributed by atoms with Crippen LogP contribution in [0, 0.1) is 0 Å². The van der Waals surface area contributed by atoms with Crippen LogP contribution in [0.4, 0.5) is 4.79 Å². The quantitative estimate of drug-likeness (QED) is 0.782. The van der Waals surface area contributed by atoms with Gasteiger partial charge in [-0.05, 0) is 23.4 Å². The lowest BCUT2D eigenvalue weighted by atomic mass is 10.2. The monoisotopic (exact) mass is 263 g/mol. The van der Waals surface area contributed by atoms with Crippen LogP contribution in [0.2, 0.25) is 0 Å². The fourth-order valence-electron chi connectivity index (χ4n) is 1.58. The Morgan fingerprint density at radius 2 is 2.00 bits per heavy atom. The molecule has 0 atom stereocenters. The lowest BCUT2D eigenvalue weighted by molar-refractivity contribution is -0.123. The lowest BCUT2D eigenvalue weighted by Gasteiger charge is -2.10. The van der Waals surface area contributed by atoms with Gasteiger partial charge in [0.05, 0.1) is 18.1 Å². The zero-order valence-electron chi connectivity index (χ0n) is 9.96. The maximum atomic E-state index is 12.0. The van der Waals surface area contributed by atoms with E-state index in [4.69, 9.17) is 4.74 Å². The minimum absolute atomic E-state index is 0.237. The molecule has 1 aliphatic heterocycles. The van der Waals surface area contributed by atoms with Gasteiger partial charge in [-0.25, -0.2) is 0 Å². The van der Waals surface area contributed by atoms with Gasteiger partial charge in [-0.15, -0.1) is 0 Å². The summed E-state index contributed by atoms with van der Waals surface area (Å²) in [5.41, 5.74) is 0.912. The van der Waals surface area contributed by atoms with E-state index in [1.165, 1.54) is 4.90 Å². The standard InChI is InChI=1S/C13H13NO3S/c1-17-8-7-14-12(15)11(18-13(14)16)9-10-5-3-2-4-6-10/h2-6,9H,7-8H2,1H3/b11-9+. The third kappa shape index (κ3) is 2.80. The summed E-state index contributed by atoms with van der Waals surface area (Å²) in [5, 5.41) is -0.237. The molecule has 0 aliphatic carbocycles. The van der Waals surface area contributed by atoms with Gasteiger partial charge in [0.1, 0.15) is 0 Å². The number of thioether (sulfide) groups is 1. The molecule has 18 heavy (non-hydrogen) atoms. The van der Waals surface area contributed by atoms with Gasteiger partial charge >= 0.3 is 0 Å². The molecule has 1 fully saturated rings. The van der Waals surface area contributed by atoms with Gasteiger partial charge in [0.25, 0.3) is 11.1 Å². The zero-order chi connectivity index (χ0) is 13.0. The maximum absolute atomic E-state index is 12.0. The molecule has 1 aliphatic rings. The molecule has 0 saturated carbocycles. The van der Waals surface area contributed by atoms with Crippen molar-refractivity contribution in [3.63, 3.8) is 0 Å². The van der Waals surface area contributed by atoms with Crippen LogP contribution in [0.25, 0.3) is 6.08 Å². The van der Waals surface area contributed by atoms with Crippen molar-refractivity contribution < 1.29 is 14.3 Å². The molecule has 94 valence electrons. The lowest BCUT2D eigenvalue weighted by Crippen LogP contribution is -2.31. The highest BCUT2D eigenvalue weighted by molar-refractivity contribution is 8.18. The minimum atomic E-state index is -0.245. The fourth-order valence-corrected chi connectivity index (χ4v) is 2.44. The third-order valence-electron chi connectivity index (χ3n) is 2.49. The fraction of sp³-hybridized carbons (Fsp3) is 0.231. The summed E-state index contributed by atoms with van der Waals surface area (Å²) in [6, 6.07) is 9.47. The third-order valence-corrected chi connectivity index (χ3v) is 3.40. The molecule has 1 saturated heterocycles. The second kappa shape index (κ2) is 5.84. The Morgan fingerprint density at radius 3 is 2.67 bits per heavy atom. The summed E-state index contributed by atoms with van der Waals surface area (Å²) in [6.07, 6.45) is 1.73. The van der Waals surface area contributed by atoms with Gasteiger partial charge in [0.15, 0.2) is 0 Å². The molecule has 4 nitrogen and oxygen atoms in total. The summed E-state index contributed by atoms with van der Waals surface area (Å²) in [5.74, 6) is -0.245. The number of ether oxygens (including phenoxy) is 1. The number of imide groups is 1. The second-order valence-electron chi connectivity index (χ2n) is 3.74. The van der Waals surface area contributed by atoms with Crippen molar-refractivity contribution in [2.75, 3.05) is 20.3 Å². The van der Waals surface area contributed by atoms with Gasteiger partial charge < -0.3 is 4.74 Å². The Kier molecular flexibility index (Phi) is 4.17. The van der Waals surface area contributed by atoms with E-state index in [1.807, 2.05) is 30.3 Å². The minimum Gasteiger partial charge on any atom is -0.383 e. The summed E-state index contributed by atoms with van der Waals surface area (Å²) < 4.78 is 4.88. The van der Waals surface area contributed by atoms with Crippen LogP contribution in [0.15, 0.2) is 35.2 Å². The van der Waals surface area contributed by atoms with Crippen LogP contribution in [0.1, 0.15) is 5.56 Å². The number of amides is 2. The Labute approximate surface area is 110 Å². The molecular weight excluding hydrogens is 250 g/mol. The first-order chi connectivity index (χ1) is 8.72. The SMILES string of the molecule is COCCN1C(=O)S/C(=C/c2ccccc2)C1=O. The molecule has 1 aromatic rings. The van der Waals surface area contributed by atoms with E-state index in [0.29, 0.717) is 18.1 Å². The molecule has 1 aromatic carbocycles. The highest BCUT2D eigenvalue weighted by Gasteiger charge is 2.34. The van der Waals surface area contributed by atoms with Crippen molar-refractivity contribution in [2.24, 2.45) is 0 Å². The van der Waals surface area contributed by atoms with E-state index < -0.39 is 0 Å². The van der Waals surface area contributed by atoms with Crippen LogP contribution < -0.4 is 0 Å². The summed E-state index contributed by atoms with van der Waals surface area (Å²) >= 11 is 0.970. The molecular formula is C13H13NO3S. The van der Waals surface area contributed by atoms with Crippen LogP contribution in [-0.2, 0) is 9.53 Å². The summed E-state index contributed by atoms with van der Waals surface area (Å²) in [7, 11) is 1.54. The zero-order valence-corrected chi connectivity index (χ0v) is 10.8. The molecule has 0 unspecified atom stereocenters. The van der Waals surface area contributed by atoms with E-state index in [2.05, 4.69) is 0 Å². The van der Waals surface area contributed by atoms with Crippen molar-refractivity contribution in [3.05, 3.63) is 40.8 Å². The van der Waals surface area contributed by atoms with Crippen molar-refractivity contribution in [1.82, 2.24) is 4.90 Å². The van der Waals surface area contributed by atoms with E-state index in [0.717, 1.165) is 17.3 Å². The van der Waals surface area contributed by atoms with Crippen molar-refractivity contribution in [3.8, 4) is 0 Å². The van der Waals surface area contributed by atoms with Crippen LogP contribution >= 0.6 is 11.8 Å². The molecule has 0 N–H and O–H groups in total. The number of hydrogen-bond donors (Lipinski definition) is 0. The van der Waals surface area contributed by atoms with E-state index in [1.54, 1.807) is 13.2 Å². The average Bonchev–Trinajstić information content (AvgIpc) is 2.64. The maximum Gasteiger partial charge on any atom is 0.293 e. The average molecular weight is 263 g/mol. The summed E-state index contributed by atoms with van der Waals surface area (Å²) in [6.45, 7) is 0.657. The van der Waals surface area contributed by atoms with Gasteiger partial charge in [0.2, 0.25) is 0 Å². The van der Waals surface area contributed by atoms with Crippen molar-refractivity contribution >= 4 is 29.0 Å². The normalized spacial score (nSPS) is 17.8. The molecule has 2 rings (SSSR count). The second-order valence-corrected chi connectivity index (χ2v) is 4.73. The van der Waals surface area contributed by atoms with E-state index in [-0.39, 0.29) is 11.1 Å². The number of methoxy groups -OCH3 is 1. The van der Waals surface area contributed by atoms with Gasteiger partial charge in [-0.2, -0.15) is 0 Å². The first-order valence-electron chi connectivity index (χ1n) is 5.51. The Balaban J connectivity index is 2.15. The topological polar surface area (TPSA) is 46.6 Å². The molecule has 0 bridgehead atoms. The highest BCUT2D eigenvalue weighted by Crippen LogP contribution is 2.31. The largest absolute Gasteiger partial charge is 0.383 e. The summed E-state index contributed by atoms with van der Waals surface area (Å²) in [4.78, 5) is 25.3. The van der Waals surface area contributed by atoms with Crippen LogP contribution in [-0.4, -0.2) is 36.3 Å². The number of rotatable bonds is 4. The van der Waals surface area contributed by atoms with E-state index in [9.17, 15) is 9.59 Å². The van der Waals surface area contributed by atoms with Crippen LogP contribution in [0.3, 0.4) is 0 Å². The first-order valence-corrected chi connectivity index (χ1v) is 6.33. The molecule has 0 aromatic heterocycles. The number of benzene rings is 1. The smallest absolute Gasteiger partial charge is 0.293 e. The van der Waals surface area contributed by atoms with E-state index >= 15 is 0 Å². The van der Waals surface area contributed by atoms with Crippen LogP contribution in [0.5, 0.6) is 0 Å². The molecule has 2 amide bonds. The predicted octanol–water partition coefficient (Wildman–Crippen LogP) is 2.37. The first kappa shape index (κ1) is 12.9. The molecule has 5 heteroatoms. The number of nitrogens with zero attached hydrogens (tertiary/aromatic N) is 1. The molecule has 0 radical (unpaired) electrons.